The summed E-state index contributed by atoms with van der Waals surface area (Å²) in [6.07, 6.45) is 0. The van der Waals surface area contributed by atoms with Crippen molar-refractivity contribution >= 4 is 11.6 Å². The Morgan fingerprint density at radius 1 is 1.10 bits per heavy atom. The van der Waals surface area contributed by atoms with Gasteiger partial charge in [0.05, 0.1) is 12.3 Å². The first-order valence-electron chi connectivity index (χ1n) is 6.59. The molecule has 5 heteroatoms. The van der Waals surface area contributed by atoms with E-state index in [4.69, 9.17) is 9.47 Å². The summed E-state index contributed by atoms with van der Waals surface area (Å²) in [6.45, 7) is 2.23. The van der Waals surface area contributed by atoms with Crippen LogP contribution >= 0.6 is 0 Å². The molecular weight excluding hydrogens is 273 g/mol. The van der Waals surface area contributed by atoms with Gasteiger partial charge < -0.3 is 14.8 Å². The summed E-state index contributed by atoms with van der Waals surface area (Å²) in [5, 5.41) is 2.45. The molecule has 21 heavy (non-hydrogen) atoms. The van der Waals surface area contributed by atoms with Gasteiger partial charge in [-0.3, -0.25) is 4.79 Å². The van der Waals surface area contributed by atoms with Crippen molar-refractivity contribution in [3.05, 3.63) is 54.3 Å². The Morgan fingerprint density at radius 3 is 2.52 bits per heavy atom. The molecular formula is C16H16FNO3. The van der Waals surface area contributed by atoms with E-state index in [-0.39, 0.29) is 12.3 Å². The van der Waals surface area contributed by atoms with E-state index in [0.29, 0.717) is 18.1 Å². The first-order chi connectivity index (χ1) is 10.2. The second kappa shape index (κ2) is 7.28. The van der Waals surface area contributed by atoms with E-state index in [2.05, 4.69) is 5.32 Å². The number of carbonyl (C=O) groups excluding carboxylic acids is 1. The molecule has 2 rings (SSSR count). The SMILES string of the molecule is CCOc1cccc(OCC(=O)Nc2ccccc2F)c1. The average molecular weight is 289 g/mol. The second-order valence-corrected chi connectivity index (χ2v) is 4.22. The van der Waals surface area contributed by atoms with Gasteiger partial charge >= 0.3 is 0 Å². The quantitative estimate of drug-likeness (QED) is 0.888. The lowest BCUT2D eigenvalue weighted by Gasteiger charge is -2.09. The number of ether oxygens (including phenoxy) is 2. The number of carbonyl (C=O) groups is 1. The molecule has 2 aromatic rings. The van der Waals surface area contributed by atoms with Gasteiger partial charge in [0.25, 0.3) is 5.91 Å². The maximum atomic E-state index is 13.4. The zero-order valence-electron chi connectivity index (χ0n) is 11.6. The fourth-order valence-corrected chi connectivity index (χ4v) is 1.72. The monoisotopic (exact) mass is 289 g/mol. The predicted octanol–water partition coefficient (Wildman–Crippen LogP) is 3.24. The van der Waals surface area contributed by atoms with Crippen LogP contribution in [0.5, 0.6) is 11.5 Å². The Hall–Kier alpha value is -2.56. The molecule has 0 radical (unpaired) electrons. The van der Waals surface area contributed by atoms with E-state index in [1.165, 1.54) is 12.1 Å². The van der Waals surface area contributed by atoms with Crippen LogP contribution in [0, 0.1) is 5.82 Å². The number of hydrogen-bond acceptors (Lipinski definition) is 3. The molecule has 0 atom stereocenters. The summed E-state index contributed by atoms with van der Waals surface area (Å²) >= 11 is 0. The Kier molecular flexibility index (Phi) is 5.15. The summed E-state index contributed by atoms with van der Waals surface area (Å²) in [6, 6.07) is 13.0. The topological polar surface area (TPSA) is 47.6 Å². The zero-order chi connectivity index (χ0) is 15.1. The van der Waals surface area contributed by atoms with Gasteiger partial charge in [-0.1, -0.05) is 18.2 Å². The molecule has 0 aliphatic rings. The number of amides is 1. The summed E-state index contributed by atoms with van der Waals surface area (Å²) in [7, 11) is 0. The molecule has 2 aromatic carbocycles. The molecule has 1 amide bonds. The number of para-hydroxylation sites is 1. The van der Waals surface area contributed by atoms with Crippen molar-refractivity contribution in [3.63, 3.8) is 0 Å². The van der Waals surface area contributed by atoms with Crippen molar-refractivity contribution in [1.82, 2.24) is 0 Å². The van der Waals surface area contributed by atoms with Crippen LogP contribution in [0.2, 0.25) is 0 Å². The number of benzene rings is 2. The number of anilines is 1. The summed E-state index contributed by atoms with van der Waals surface area (Å²) in [5.41, 5.74) is 0.133. The number of rotatable bonds is 6. The first-order valence-corrected chi connectivity index (χ1v) is 6.59. The third-order valence-corrected chi connectivity index (χ3v) is 2.63. The second-order valence-electron chi connectivity index (χ2n) is 4.22. The minimum absolute atomic E-state index is 0.133. The predicted molar refractivity (Wildman–Crippen MR) is 78.1 cm³/mol. The highest BCUT2D eigenvalue weighted by atomic mass is 19.1. The highest BCUT2D eigenvalue weighted by Crippen LogP contribution is 2.19. The molecule has 0 saturated carbocycles. The summed E-state index contributed by atoms with van der Waals surface area (Å²) in [5.74, 6) is 0.278. The molecule has 0 aromatic heterocycles. The Labute approximate surface area is 122 Å². The third kappa shape index (κ3) is 4.49. The maximum Gasteiger partial charge on any atom is 0.262 e. The van der Waals surface area contributed by atoms with Gasteiger partial charge in [-0.25, -0.2) is 4.39 Å². The van der Waals surface area contributed by atoms with Gasteiger partial charge in [-0.05, 0) is 31.2 Å². The van der Waals surface area contributed by atoms with E-state index in [1.54, 1.807) is 36.4 Å². The molecule has 1 N–H and O–H groups in total. The largest absolute Gasteiger partial charge is 0.494 e. The van der Waals surface area contributed by atoms with Crippen LogP contribution in [0.3, 0.4) is 0 Å². The zero-order valence-corrected chi connectivity index (χ0v) is 11.6. The molecule has 4 nitrogen and oxygen atoms in total. The summed E-state index contributed by atoms with van der Waals surface area (Å²) in [4.78, 5) is 11.7. The number of nitrogens with one attached hydrogen (secondary N) is 1. The molecule has 110 valence electrons. The van der Waals surface area contributed by atoms with Gasteiger partial charge in [-0.2, -0.15) is 0 Å². The van der Waals surface area contributed by atoms with E-state index in [1.807, 2.05) is 6.92 Å². The van der Waals surface area contributed by atoms with Crippen LogP contribution in [0.25, 0.3) is 0 Å². The molecule has 0 heterocycles. The maximum absolute atomic E-state index is 13.4. The van der Waals surface area contributed by atoms with Crippen LogP contribution in [-0.2, 0) is 4.79 Å². The molecule has 0 aliphatic heterocycles. The van der Waals surface area contributed by atoms with Crippen LogP contribution in [0.1, 0.15) is 6.92 Å². The molecule has 0 fully saturated rings. The van der Waals surface area contributed by atoms with Crippen LogP contribution in [0.4, 0.5) is 10.1 Å². The Morgan fingerprint density at radius 2 is 1.81 bits per heavy atom. The Bertz CT molecular complexity index is 616. The fraction of sp³-hybridized carbons (Fsp3) is 0.188. The van der Waals surface area contributed by atoms with Crippen LogP contribution < -0.4 is 14.8 Å². The van der Waals surface area contributed by atoms with Gasteiger partial charge in [0, 0.05) is 6.07 Å². The standard InChI is InChI=1S/C16H16FNO3/c1-2-20-12-6-5-7-13(10-12)21-11-16(19)18-15-9-4-3-8-14(15)17/h3-10H,2,11H2,1H3,(H,18,19). The fourth-order valence-electron chi connectivity index (χ4n) is 1.72. The number of halogens is 1. The summed E-state index contributed by atoms with van der Waals surface area (Å²) < 4.78 is 24.1. The van der Waals surface area contributed by atoms with E-state index in [9.17, 15) is 9.18 Å². The van der Waals surface area contributed by atoms with Crippen molar-refractivity contribution < 1.29 is 18.7 Å². The van der Waals surface area contributed by atoms with Gasteiger partial charge in [0.15, 0.2) is 6.61 Å². The normalized spacial score (nSPS) is 10.0. The van der Waals surface area contributed by atoms with Crippen molar-refractivity contribution in [2.24, 2.45) is 0 Å². The Balaban J connectivity index is 1.89. The first kappa shape index (κ1) is 14.8. The van der Waals surface area contributed by atoms with Crippen molar-refractivity contribution in [2.75, 3.05) is 18.5 Å². The highest BCUT2D eigenvalue weighted by Gasteiger charge is 2.07. The van der Waals surface area contributed by atoms with E-state index < -0.39 is 11.7 Å². The van der Waals surface area contributed by atoms with Crippen molar-refractivity contribution in [1.29, 1.82) is 0 Å². The van der Waals surface area contributed by atoms with Crippen molar-refractivity contribution in [2.45, 2.75) is 6.92 Å². The molecule has 0 aliphatic carbocycles. The smallest absolute Gasteiger partial charge is 0.262 e. The lowest BCUT2D eigenvalue weighted by Crippen LogP contribution is -2.20. The molecule has 0 bridgehead atoms. The lowest BCUT2D eigenvalue weighted by molar-refractivity contribution is -0.118. The van der Waals surface area contributed by atoms with Gasteiger partial charge in [0.2, 0.25) is 0 Å². The van der Waals surface area contributed by atoms with Crippen LogP contribution in [-0.4, -0.2) is 19.1 Å². The number of hydrogen-bond donors (Lipinski definition) is 1. The minimum atomic E-state index is -0.482. The van der Waals surface area contributed by atoms with Gasteiger partial charge in [0.1, 0.15) is 17.3 Å². The molecule has 0 spiro atoms. The minimum Gasteiger partial charge on any atom is -0.494 e. The van der Waals surface area contributed by atoms with Crippen molar-refractivity contribution in [3.8, 4) is 11.5 Å². The average Bonchev–Trinajstić information content (AvgIpc) is 2.48. The molecule has 0 unspecified atom stereocenters. The highest BCUT2D eigenvalue weighted by molar-refractivity contribution is 5.91. The van der Waals surface area contributed by atoms with Gasteiger partial charge in [-0.15, -0.1) is 0 Å². The molecule has 0 saturated heterocycles. The third-order valence-electron chi connectivity index (χ3n) is 2.63. The van der Waals surface area contributed by atoms with E-state index in [0.717, 1.165) is 0 Å². The van der Waals surface area contributed by atoms with Crippen LogP contribution in [0.15, 0.2) is 48.5 Å². The lowest BCUT2D eigenvalue weighted by atomic mass is 10.3. The van der Waals surface area contributed by atoms with E-state index >= 15 is 0 Å².